The van der Waals surface area contributed by atoms with Crippen molar-refractivity contribution in [2.75, 3.05) is 26.8 Å². The van der Waals surface area contributed by atoms with Gasteiger partial charge in [0, 0.05) is 6.42 Å². The highest BCUT2D eigenvalue weighted by atomic mass is 19.1. The Hall–Kier alpha value is -1.62. The van der Waals surface area contributed by atoms with E-state index in [4.69, 9.17) is 9.47 Å². The van der Waals surface area contributed by atoms with Gasteiger partial charge in [-0.2, -0.15) is 0 Å². The number of ketones is 1. The molecule has 1 heterocycles. The van der Waals surface area contributed by atoms with E-state index in [9.17, 15) is 9.18 Å². The van der Waals surface area contributed by atoms with Crippen LogP contribution in [-0.4, -0.2) is 32.6 Å². The van der Waals surface area contributed by atoms with Gasteiger partial charge in [-0.05, 0) is 19.2 Å². The van der Waals surface area contributed by atoms with Gasteiger partial charge in [0.2, 0.25) is 0 Å². The zero-order valence-corrected chi connectivity index (χ0v) is 9.59. The summed E-state index contributed by atoms with van der Waals surface area (Å²) in [4.78, 5) is 11.8. The summed E-state index contributed by atoms with van der Waals surface area (Å²) in [5.74, 6) is -0.371. The normalized spacial score (nSPS) is 14.2. The number of Topliss-reactive ketones (excluding diaryl/α,β-unsaturated/α-hetero) is 1. The molecule has 17 heavy (non-hydrogen) atoms. The third-order valence-electron chi connectivity index (χ3n) is 2.48. The van der Waals surface area contributed by atoms with E-state index in [1.807, 2.05) is 0 Å². The number of carbonyl (C=O) groups is 1. The average molecular weight is 239 g/mol. The number of benzene rings is 1. The monoisotopic (exact) mass is 239 g/mol. The highest BCUT2D eigenvalue weighted by Gasteiger charge is 2.22. The summed E-state index contributed by atoms with van der Waals surface area (Å²) in [6.45, 7) is 1.01. The number of fused-ring (bicyclic) bond motifs is 1. The Morgan fingerprint density at radius 3 is 2.76 bits per heavy atom. The fraction of sp³-hybridized carbons (Fsp3) is 0.417. The molecular weight excluding hydrogens is 225 g/mol. The first-order valence-corrected chi connectivity index (χ1v) is 5.50. The van der Waals surface area contributed by atoms with Crippen LogP contribution in [-0.2, 0) is 0 Å². The van der Waals surface area contributed by atoms with Gasteiger partial charge in [0.15, 0.2) is 23.1 Å². The SMILES string of the molecule is CNCC(=O)c1ccc(F)c2c1OCCCO2. The van der Waals surface area contributed by atoms with Gasteiger partial charge in [-0.15, -0.1) is 0 Å². The third kappa shape index (κ3) is 2.39. The minimum atomic E-state index is -0.497. The number of hydrogen-bond acceptors (Lipinski definition) is 4. The first kappa shape index (κ1) is 11.9. The van der Waals surface area contributed by atoms with E-state index in [1.165, 1.54) is 12.1 Å². The van der Waals surface area contributed by atoms with Gasteiger partial charge in [0.05, 0.1) is 25.3 Å². The molecule has 0 saturated carbocycles. The lowest BCUT2D eigenvalue weighted by molar-refractivity contribution is 0.0989. The second-order valence-electron chi connectivity index (χ2n) is 3.76. The molecule has 1 aliphatic rings. The molecule has 2 rings (SSSR count). The second kappa shape index (κ2) is 5.14. The van der Waals surface area contributed by atoms with Crippen molar-refractivity contribution >= 4 is 5.78 Å². The van der Waals surface area contributed by atoms with Crippen LogP contribution in [0.1, 0.15) is 16.8 Å². The summed E-state index contributed by atoms with van der Waals surface area (Å²) < 4.78 is 24.2. The Morgan fingerprint density at radius 1 is 1.35 bits per heavy atom. The molecule has 0 bridgehead atoms. The van der Waals surface area contributed by atoms with Gasteiger partial charge < -0.3 is 14.8 Å². The minimum absolute atomic E-state index is 0.0458. The van der Waals surface area contributed by atoms with Gasteiger partial charge >= 0.3 is 0 Å². The zero-order chi connectivity index (χ0) is 12.3. The van der Waals surface area contributed by atoms with E-state index >= 15 is 0 Å². The molecule has 1 N–H and O–H groups in total. The third-order valence-corrected chi connectivity index (χ3v) is 2.48. The van der Waals surface area contributed by atoms with Gasteiger partial charge in [-0.1, -0.05) is 0 Å². The highest BCUT2D eigenvalue weighted by molar-refractivity contribution is 6.00. The molecule has 0 unspecified atom stereocenters. The van der Waals surface area contributed by atoms with Crippen LogP contribution in [0.2, 0.25) is 0 Å². The quantitative estimate of drug-likeness (QED) is 0.810. The molecule has 0 fully saturated rings. The fourth-order valence-electron chi connectivity index (χ4n) is 1.70. The first-order chi connectivity index (χ1) is 8.24. The molecule has 0 aromatic heterocycles. The summed E-state index contributed by atoms with van der Waals surface area (Å²) in [7, 11) is 1.68. The van der Waals surface area contributed by atoms with Crippen LogP contribution in [0.15, 0.2) is 12.1 Å². The highest BCUT2D eigenvalue weighted by Crippen LogP contribution is 2.36. The lowest BCUT2D eigenvalue weighted by atomic mass is 10.1. The molecule has 92 valence electrons. The van der Waals surface area contributed by atoms with Crippen molar-refractivity contribution in [2.45, 2.75) is 6.42 Å². The maximum Gasteiger partial charge on any atom is 0.197 e. The largest absolute Gasteiger partial charge is 0.489 e. The Balaban J connectivity index is 2.43. The predicted octanol–water partition coefficient (Wildman–Crippen LogP) is 1.39. The standard InChI is InChI=1S/C12H14FNO3/c1-14-7-10(15)8-3-4-9(13)12-11(8)16-5-2-6-17-12/h3-4,14H,2,5-7H2,1H3. The number of rotatable bonds is 3. The maximum atomic E-state index is 13.5. The van der Waals surface area contributed by atoms with Crippen LogP contribution in [0, 0.1) is 5.82 Å². The topological polar surface area (TPSA) is 47.6 Å². The van der Waals surface area contributed by atoms with Crippen molar-refractivity contribution < 1.29 is 18.7 Å². The average Bonchev–Trinajstić information content (AvgIpc) is 2.56. The van der Waals surface area contributed by atoms with E-state index < -0.39 is 5.82 Å². The summed E-state index contributed by atoms with van der Waals surface area (Å²) in [5, 5.41) is 2.76. The lowest BCUT2D eigenvalue weighted by Crippen LogP contribution is -2.19. The summed E-state index contributed by atoms with van der Waals surface area (Å²) in [6.07, 6.45) is 0.674. The Bertz CT molecular complexity index is 434. The van der Waals surface area contributed by atoms with Crippen molar-refractivity contribution in [1.29, 1.82) is 0 Å². The molecule has 0 amide bonds. The molecule has 0 atom stereocenters. The van der Waals surface area contributed by atoms with Crippen LogP contribution in [0.3, 0.4) is 0 Å². The smallest absolute Gasteiger partial charge is 0.197 e. The van der Waals surface area contributed by atoms with Crippen molar-refractivity contribution in [2.24, 2.45) is 0 Å². The van der Waals surface area contributed by atoms with Crippen LogP contribution in [0.5, 0.6) is 11.5 Å². The predicted molar refractivity (Wildman–Crippen MR) is 60.3 cm³/mol. The molecule has 4 nitrogen and oxygen atoms in total. The van der Waals surface area contributed by atoms with Gasteiger partial charge in [0.1, 0.15) is 0 Å². The van der Waals surface area contributed by atoms with Gasteiger partial charge in [-0.3, -0.25) is 4.79 Å². The Morgan fingerprint density at radius 2 is 2.06 bits per heavy atom. The molecule has 0 radical (unpaired) electrons. The first-order valence-electron chi connectivity index (χ1n) is 5.50. The minimum Gasteiger partial charge on any atom is -0.489 e. The van der Waals surface area contributed by atoms with E-state index in [1.54, 1.807) is 7.05 Å². The summed E-state index contributed by atoms with van der Waals surface area (Å²) in [5.41, 5.74) is 0.359. The molecule has 1 aliphatic heterocycles. The van der Waals surface area contributed by atoms with E-state index in [0.717, 1.165) is 0 Å². The van der Waals surface area contributed by atoms with E-state index in [0.29, 0.717) is 25.2 Å². The fourth-order valence-corrected chi connectivity index (χ4v) is 1.70. The Kier molecular flexibility index (Phi) is 3.58. The number of hydrogen-bond donors (Lipinski definition) is 1. The van der Waals surface area contributed by atoms with Gasteiger partial charge in [0.25, 0.3) is 0 Å². The van der Waals surface area contributed by atoms with E-state index in [-0.39, 0.29) is 23.8 Å². The molecule has 0 saturated heterocycles. The molecule has 0 aliphatic carbocycles. The number of halogens is 1. The zero-order valence-electron chi connectivity index (χ0n) is 9.59. The van der Waals surface area contributed by atoms with Crippen molar-refractivity contribution in [3.8, 4) is 11.5 Å². The van der Waals surface area contributed by atoms with Crippen LogP contribution in [0.4, 0.5) is 4.39 Å². The maximum absolute atomic E-state index is 13.5. The lowest BCUT2D eigenvalue weighted by Gasteiger charge is -2.12. The molecule has 1 aromatic rings. The van der Waals surface area contributed by atoms with Crippen molar-refractivity contribution in [3.63, 3.8) is 0 Å². The molecule has 5 heteroatoms. The van der Waals surface area contributed by atoms with Crippen LogP contribution in [0.25, 0.3) is 0 Å². The van der Waals surface area contributed by atoms with Crippen LogP contribution < -0.4 is 14.8 Å². The number of ether oxygens (including phenoxy) is 2. The molecule has 1 aromatic carbocycles. The molecule has 0 spiro atoms. The van der Waals surface area contributed by atoms with Crippen molar-refractivity contribution in [1.82, 2.24) is 5.32 Å². The van der Waals surface area contributed by atoms with Crippen LogP contribution >= 0.6 is 0 Å². The number of nitrogens with one attached hydrogen (secondary N) is 1. The second-order valence-corrected chi connectivity index (χ2v) is 3.76. The summed E-state index contributed by atoms with van der Waals surface area (Å²) >= 11 is 0. The number of likely N-dealkylation sites (N-methyl/N-ethyl adjacent to an activating group) is 1. The van der Waals surface area contributed by atoms with E-state index in [2.05, 4.69) is 5.32 Å². The Labute approximate surface area is 98.7 Å². The number of carbonyl (C=O) groups excluding carboxylic acids is 1. The van der Waals surface area contributed by atoms with Gasteiger partial charge in [-0.25, -0.2) is 4.39 Å². The summed E-state index contributed by atoms with van der Waals surface area (Å²) in [6, 6.07) is 2.67. The van der Waals surface area contributed by atoms with Crippen molar-refractivity contribution in [3.05, 3.63) is 23.5 Å². The molecular formula is C12H14FNO3.